The van der Waals surface area contributed by atoms with E-state index in [1.165, 1.54) is 11.8 Å². The Kier molecular flexibility index (Phi) is 6.71. The zero-order valence-electron chi connectivity index (χ0n) is 16.2. The molecule has 2 aromatic carbocycles. The first-order valence-corrected chi connectivity index (χ1v) is 10.1. The van der Waals surface area contributed by atoms with Crippen molar-refractivity contribution < 1.29 is 9.53 Å². The minimum absolute atomic E-state index is 0.0446. The van der Waals surface area contributed by atoms with E-state index in [4.69, 9.17) is 4.74 Å². The van der Waals surface area contributed by atoms with Gasteiger partial charge in [0.05, 0.1) is 5.25 Å². The first-order chi connectivity index (χ1) is 13.6. The fourth-order valence-electron chi connectivity index (χ4n) is 2.73. The third kappa shape index (κ3) is 4.92. The first kappa shape index (κ1) is 19.9. The van der Waals surface area contributed by atoms with E-state index in [1.807, 2.05) is 86.1 Å². The van der Waals surface area contributed by atoms with Crippen LogP contribution >= 0.6 is 11.8 Å². The van der Waals surface area contributed by atoms with Gasteiger partial charge in [0.2, 0.25) is 5.91 Å². The quantitative estimate of drug-likeness (QED) is 0.569. The van der Waals surface area contributed by atoms with Crippen LogP contribution in [0.4, 0.5) is 5.69 Å². The summed E-state index contributed by atoms with van der Waals surface area (Å²) < 4.78 is 7.83. The fraction of sp³-hybridized carbons (Fsp3) is 0.286. The average molecular weight is 397 g/mol. The highest BCUT2D eigenvalue weighted by Crippen LogP contribution is 2.28. The van der Waals surface area contributed by atoms with Crippen LogP contribution in [0.15, 0.2) is 65.8 Å². The van der Waals surface area contributed by atoms with Crippen molar-refractivity contribution in [2.75, 3.05) is 5.32 Å². The van der Waals surface area contributed by atoms with Crippen molar-refractivity contribution in [1.82, 2.24) is 14.8 Å². The van der Waals surface area contributed by atoms with Crippen LogP contribution in [0.25, 0.3) is 0 Å². The van der Waals surface area contributed by atoms with E-state index >= 15 is 0 Å². The Morgan fingerprint density at radius 1 is 1.11 bits per heavy atom. The number of nitrogens with one attached hydrogen (secondary N) is 1. The minimum atomic E-state index is -0.263. The highest BCUT2D eigenvalue weighted by Gasteiger charge is 2.23. The molecule has 0 saturated carbocycles. The van der Waals surface area contributed by atoms with Gasteiger partial charge in [-0.1, -0.05) is 55.1 Å². The molecule has 1 heterocycles. The number of amides is 1. The second-order valence-corrected chi connectivity index (χ2v) is 7.51. The summed E-state index contributed by atoms with van der Waals surface area (Å²) in [4.78, 5) is 12.6. The molecule has 6 nitrogen and oxygen atoms in total. The number of anilines is 1. The van der Waals surface area contributed by atoms with E-state index in [2.05, 4.69) is 15.5 Å². The lowest BCUT2D eigenvalue weighted by atomic mass is 10.3. The van der Waals surface area contributed by atoms with Crippen molar-refractivity contribution in [2.45, 2.75) is 36.8 Å². The third-order valence-electron chi connectivity index (χ3n) is 4.24. The maximum absolute atomic E-state index is 12.6. The zero-order chi connectivity index (χ0) is 19.9. The Morgan fingerprint density at radius 3 is 2.39 bits per heavy atom. The molecule has 3 rings (SSSR count). The fourth-order valence-corrected chi connectivity index (χ4v) is 3.66. The highest BCUT2D eigenvalue weighted by molar-refractivity contribution is 8.00. The molecule has 0 spiro atoms. The van der Waals surface area contributed by atoms with Crippen LogP contribution in [0.2, 0.25) is 0 Å². The van der Waals surface area contributed by atoms with Crippen LogP contribution < -0.4 is 10.1 Å². The molecular weight excluding hydrogens is 372 g/mol. The van der Waals surface area contributed by atoms with Gasteiger partial charge in [-0.3, -0.25) is 4.79 Å². The Labute approximate surface area is 169 Å². The van der Waals surface area contributed by atoms with Gasteiger partial charge >= 0.3 is 0 Å². The molecule has 0 saturated heterocycles. The maximum atomic E-state index is 12.6. The zero-order valence-corrected chi connectivity index (χ0v) is 17.0. The lowest BCUT2D eigenvalue weighted by Gasteiger charge is -2.16. The lowest BCUT2D eigenvalue weighted by molar-refractivity contribution is -0.115. The number of nitrogens with zero attached hydrogens (tertiary/aromatic N) is 3. The number of thioether (sulfide) groups is 1. The number of ether oxygens (including phenoxy) is 1. The topological polar surface area (TPSA) is 69.0 Å². The van der Waals surface area contributed by atoms with Crippen LogP contribution in [0.5, 0.6) is 5.75 Å². The van der Waals surface area contributed by atoms with E-state index < -0.39 is 0 Å². The normalized spacial score (nSPS) is 13.0. The summed E-state index contributed by atoms with van der Waals surface area (Å²) in [6, 6.07) is 19.1. The van der Waals surface area contributed by atoms with Crippen LogP contribution in [0.1, 0.15) is 32.2 Å². The van der Waals surface area contributed by atoms with E-state index in [9.17, 15) is 4.79 Å². The number of aromatic nitrogens is 3. The molecule has 7 heteroatoms. The Balaban J connectivity index is 1.67. The summed E-state index contributed by atoms with van der Waals surface area (Å²) in [5.41, 5.74) is 0.787. The van der Waals surface area contributed by atoms with Crippen LogP contribution in [-0.4, -0.2) is 25.9 Å². The van der Waals surface area contributed by atoms with E-state index in [1.54, 1.807) is 0 Å². The van der Waals surface area contributed by atoms with Crippen molar-refractivity contribution in [3.05, 3.63) is 66.5 Å². The SMILES string of the molecule is CC[C@H](Sc1nnc([C@@H](C)Oc2ccccc2)n1C)C(=O)Nc1ccccc1. The summed E-state index contributed by atoms with van der Waals surface area (Å²) in [7, 11) is 1.89. The summed E-state index contributed by atoms with van der Waals surface area (Å²) >= 11 is 1.41. The molecule has 1 amide bonds. The van der Waals surface area contributed by atoms with Crippen molar-refractivity contribution in [3.8, 4) is 5.75 Å². The molecule has 0 aliphatic rings. The summed E-state index contributed by atoms with van der Waals surface area (Å²) in [6.07, 6.45) is 0.425. The molecule has 1 N–H and O–H groups in total. The Bertz CT molecular complexity index is 899. The monoisotopic (exact) mass is 396 g/mol. The van der Waals surface area contributed by atoms with Crippen LogP contribution in [-0.2, 0) is 11.8 Å². The largest absolute Gasteiger partial charge is 0.483 e. The van der Waals surface area contributed by atoms with Gasteiger partial charge in [0, 0.05) is 12.7 Å². The van der Waals surface area contributed by atoms with E-state index in [0.717, 1.165) is 11.4 Å². The number of carbonyl (C=O) groups is 1. The van der Waals surface area contributed by atoms with Gasteiger partial charge in [0.15, 0.2) is 17.1 Å². The number of carbonyl (C=O) groups excluding carboxylic acids is 1. The molecule has 1 aromatic heterocycles. The van der Waals surface area contributed by atoms with Gasteiger partial charge in [0.1, 0.15) is 5.75 Å². The number of hydrogen-bond acceptors (Lipinski definition) is 5. The molecule has 28 heavy (non-hydrogen) atoms. The second-order valence-electron chi connectivity index (χ2n) is 6.34. The summed E-state index contributed by atoms with van der Waals surface area (Å²) in [6.45, 7) is 3.92. The van der Waals surface area contributed by atoms with Gasteiger partial charge in [-0.15, -0.1) is 10.2 Å². The molecule has 3 aromatic rings. The first-order valence-electron chi connectivity index (χ1n) is 9.22. The average Bonchev–Trinajstić information content (AvgIpc) is 3.08. The summed E-state index contributed by atoms with van der Waals surface area (Å²) in [5.74, 6) is 1.45. The molecule has 0 aliphatic carbocycles. The minimum Gasteiger partial charge on any atom is -0.483 e. The van der Waals surface area contributed by atoms with Crippen molar-refractivity contribution >= 4 is 23.4 Å². The Morgan fingerprint density at radius 2 is 1.75 bits per heavy atom. The van der Waals surface area contributed by atoms with Crippen molar-refractivity contribution in [3.63, 3.8) is 0 Å². The molecule has 0 bridgehead atoms. The Hall–Kier alpha value is -2.80. The molecule has 0 unspecified atom stereocenters. The number of hydrogen-bond donors (Lipinski definition) is 1. The van der Waals surface area contributed by atoms with Gasteiger partial charge in [-0.05, 0) is 37.6 Å². The van der Waals surface area contributed by atoms with Gasteiger partial charge < -0.3 is 14.6 Å². The number of rotatable bonds is 8. The standard InChI is InChI=1S/C21H24N4O2S/c1-4-18(20(26)22-16-11-7-5-8-12-16)28-21-24-23-19(25(21)3)15(2)27-17-13-9-6-10-14-17/h5-15,18H,4H2,1-3H3,(H,22,26)/t15-,18+/m1/s1. The predicted molar refractivity (Wildman–Crippen MR) is 111 cm³/mol. The lowest BCUT2D eigenvalue weighted by Crippen LogP contribution is -2.25. The van der Waals surface area contributed by atoms with Gasteiger partial charge in [-0.2, -0.15) is 0 Å². The van der Waals surface area contributed by atoms with E-state index in [-0.39, 0.29) is 17.3 Å². The number of benzene rings is 2. The molecule has 0 fully saturated rings. The van der Waals surface area contributed by atoms with Crippen LogP contribution in [0, 0.1) is 0 Å². The molecule has 0 radical (unpaired) electrons. The third-order valence-corrected chi connectivity index (χ3v) is 5.64. The highest BCUT2D eigenvalue weighted by atomic mass is 32.2. The van der Waals surface area contributed by atoms with E-state index in [0.29, 0.717) is 17.4 Å². The second kappa shape index (κ2) is 9.41. The smallest absolute Gasteiger partial charge is 0.237 e. The predicted octanol–water partition coefficient (Wildman–Crippen LogP) is 4.46. The molecule has 2 atom stereocenters. The van der Waals surface area contributed by atoms with Gasteiger partial charge in [0.25, 0.3) is 0 Å². The maximum Gasteiger partial charge on any atom is 0.237 e. The number of para-hydroxylation sites is 2. The van der Waals surface area contributed by atoms with Crippen LogP contribution in [0.3, 0.4) is 0 Å². The molecule has 0 aliphatic heterocycles. The van der Waals surface area contributed by atoms with Crippen molar-refractivity contribution in [1.29, 1.82) is 0 Å². The van der Waals surface area contributed by atoms with Crippen molar-refractivity contribution in [2.24, 2.45) is 7.05 Å². The van der Waals surface area contributed by atoms with Gasteiger partial charge in [-0.25, -0.2) is 0 Å². The summed E-state index contributed by atoms with van der Waals surface area (Å²) in [5, 5.41) is 11.9. The molecule has 146 valence electrons. The molecular formula is C21H24N4O2S.